The average molecular weight is 285 g/mol. The van der Waals surface area contributed by atoms with Crippen molar-refractivity contribution in [2.24, 2.45) is 0 Å². The Morgan fingerprint density at radius 2 is 2.28 bits per heavy atom. The van der Waals surface area contributed by atoms with Crippen molar-refractivity contribution in [1.29, 1.82) is 0 Å². The summed E-state index contributed by atoms with van der Waals surface area (Å²) in [6.45, 7) is 1.75. The largest absolute Gasteiger partial charge is 0.481 e. The Morgan fingerprint density at radius 1 is 1.50 bits per heavy atom. The number of ether oxygens (including phenoxy) is 1. The molecular formula is C10H9ClN4O2S. The molecule has 0 unspecified atom stereocenters. The summed E-state index contributed by atoms with van der Waals surface area (Å²) in [6.07, 6.45) is 0. The first-order chi connectivity index (χ1) is 8.60. The van der Waals surface area contributed by atoms with Gasteiger partial charge in [-0.15, -0.1) is 11.3 Å². The summed E-state index contributed by atoms with van der Waals surface area (Å²) in [4.78, 5) is 24.3. The number of thiazole rings is 1. The molecule has 2 rings (SSSR count). The van der Waals surface area contributed by atoms with E-state index in [-0.39, 0.29) is 22.9 Å². The second-order valence-electron chi connectivity index (χ2n) is 3.28. The van der Waals surface area contributed by atoms with Gasteiger partial charge in [0.25, 0.3) is 5.91 Å². The van der Waals surface area contributed by atoms with E-state index in [4.69, 9.17) is 16.3 Å². The van der Waals surface area contributed by atoms with Crippen molar-refractivity contribution in [1.82, 2.24) is 15.0 Å². The Bertz CT molecular complexity index is 587. The highest BCUT2D eigenvalue weighted by molar-refractivity contribution is 7.12. The zero-order chi connectivity index (χ0) is 13.1. The minimum atomic E-state index is -0.320. The molecule has 6 nitrogen and oxygen atoms in total. The minimum absolute atomic E-state index is 0.0946. The van der Waals surface area contributed by atoms with Crippen LogP contribution in [0.2, 0.25) is 5.15 Å². The van der Waals surface area contributed by atoms with Gasteiger partial charge >= 0.3 is 0 Å². The lowest BCUT2D eigenvalue weighted by Gasteiger charge is -2.05. The lowest BCUT2D eigenvalue weighted by atomic mass is 10.4. The standard InChI is InChI=1S/C10H9ClN4O2S/c1-5-8(18-4-12-5)9(16)15-10-13-6(11)3-7(14-10)17-2/h3-4H,1-2H3,(H,13,14,15,16). The van der Waals surface area contributed by atoms with Crippen molar-refractivity contribution in [3.8, 4) is 5.88 Å². The zero-order valence-electron chi connectivity index (χ0n) is 9.60. The molecule has 2 aromatic heterocycles. The van der Waals surface area contributed by atoms with Crippen molar-refractivity contribution in [3.63, 3.8) is 0 Å². The monoisotopic (exact) mass is 284 g/mol. The Morgan fingerprint density at radius 3 is 2.89 bits per heavy atom. The molecule has 0 aromatic carbocycles. The van der Waals surface area contributed by atoms with Crippen molar-refractivity contribution in [2.75, 3.05) is 12.4 Å². The maximum absolute atomic E-state index is 11.9. The molecule has 0 aliphatic carbocycles. The molecule has 0 saturated carbocycles. The smallest absolute Gasteiger partial charge is 0.270 e. The second kappa shape index (κ2) is 5.28. The normalized spacial score (nSPS) is 10.2. The van der Waals surface area contributed by atoms with Crippen LogP contribution in [0.4, 0.5) is 5.95 Å². The van der Waals surface area contributed by atoms with Gasteiger partial charge in [0.2, 0.25) is 11.8 Å². The van der Waals surface area contributed by atoms with E-state index < -0.39 is 0 Å². The Balaban J connectivity index is 2.22. The molecule has 0 radical (unpaired) electrons. The van der Waals surface area contributed by atoms with Crippen molar-refractivity contribution < 1.29 is 9.53 Å². The van der Waals surface area contributed by atoms with Gasteiger partial charge in [-0.3, -0.25) is 10.1 Å². The quantitative estimate of drug-likeness (QED) is 0.874. The van der Waals surface area contributed by atoms with Gasteiger partial charge < -0.3 is 4.74 Å². The summed E-state index contributed by atoms with van der Waals surface area (Å²) in [6, 6.07) is 1.45. The third-order valence-electron chi connectivity index (χ3n) is 2.06. The number of anilines is 1. The Hall–Kier alpha value is -1.73. The van der Waals surface area contributed by atoms with E-state index in [9.17, 15) is 4.79 Å². The first-order valence-electron chi connectivity index (χ1n) is 4.90. The SMILES string of the molecule is COc1cc(Cl)nc(NC(=O)c2scnc2C)n1. The molecule has 1 N–H and O–H groups in total. The summed E-state index contributed by atoms with van der Waals surface area (Å²) in [5.41, 5.74) is 2.26. The van der Waals surface area contributed by atoms with E-state index in [0.717, 1.165) is 0 Å². The fraction of sp³-hybridized carbons (Fsp3) is 0.200. The van der Waals surface area contributed by atoms with Gasteiger partial charge in [-0.1, -0.05) is 11.6 Å². The highest BCUT2D eigenvalue weighted by Crippen LogP contribution is 2.18. The summed E-state index contributed by atoms with van der Waals surface area (Å²) < 4.78 is 4.94. The van der Waals surface area contributed by atoms with Crippen LogP contribution in [0.1, 0.15) is 15.4 Å². The number of hydrogen-bond acceptors (Lipinski definition) is 6. The van der Waals surface area contributed by atoms with Crippen LogP contribution in [0.25, 0.3) is 0 Å². The zero-order valence-corrected chi connectivity index (χ0v) is 11.2. The van der Waals surface area contributed by atoms with Crippen molar-refractivity contribution >= 4 is 34.8 Å². The molecule has 0 aliphatic heterocycles. The molecule has 0 saturated heterocycles. The van der Waals surface area contributed by atoms with Crippen LogP contribution in [0, 0.1) is 6.92 Å². The van der Waals surface area contributed by atoms with Crippen LogP contribution >= 0.6 is 22.9 Å². The maximum atomic E-state index is 11.9. The molecule has 0 atom stereocenters. The number of nitrogens with one attached hydrogen (secondary N) is 1. The lowest BCUT2D eigenvalue weighted by Crippen LogP contribution is -2.14. The molecule has 0 aliphatic rings. The van der Waals surface area contributed by atoms with Crippen LogP contribution in [-0.4, -0.2) is 28.0 Å². The van der Waals surface area contributed by atoms with Gasteiger partial charge in [0.05, 0.1) is 18.3 Å². The highest BCUT2D eigenvalue weighted by atomic mass is 35.5. The number of methoxy groups -OCH3 is 1. The van der Waals surface area contributed by atoms with Crippen LogP contribution in [0.5, 0.6) is 5.88 Å². The maximum Gasteiger partial charge on any atom is 0.270 e. The van der Waals surface area contributed by atoms with Crippen LogP contribution in [0.15, 0.2) is 11.6 Å². The molecule has 2 aromatic rings. The number of nitrogens with zero attached hydrogens (tertiary/aromatic N) is 3. The molecule has 2 heterocycles. The minimum Gasteiger partial charge on any atom is -0.481 e. The molecule has 94 valence electrons. The van der Waals surface area contributed by atoms with E-state index in [1.807, 2.05) is 0 Å². The highest BCUT2D eigenvalue weighted by Gasteiger charge is 2.14. The third-order valence-corrected chi connectivity index (χ3v) is 3.18. The summed E-state index contributed by atoms with van der Waals surface area (Å²) >= 11 is 7.02. The number of aromatic nitrogens is 3. The second-order valence-corrected chi connectivity index (χ2v) is 4.52. The van der Waals surface area contributed by atoms with Crippen LogP contribution in [0.3, 0.4) is 0 Å². The molecule has 8 heteroatoms. The fourth-order valence-electron chi connectivity index (χ4n) is 1.24. The fourth-order valence-corrected chi connectivity index (χ4v) is 2.11. The predicted octanol–water partition coefficient (Wildman–Crippen LogP) is 2.16. The van der Waals surface area contributed by atoms with E-state index in [2.05, 4.69) is 20.3 Å². The number of amides is 1. The number of rotatable bonds is 3. The molecule has 0 spiro atoms. The number of aryl methyl sites for hydroxylation is 1. The molecular weight excluding hydrogens is 276 g/mol. The van der Waals surface area contributed by atoms with Gasteiger partial charge in [-0.05, 0) is 6.92 Å². The van der Waals surface area contributed by atoms with Gasteiger partial charge in [0.15, 0.2) is 0 Å². The summed E-state index contributed by atoms with van der Waals surface area (Å²) in [5, 5.41) is 2.74. The van der Waals surface area contributed by atoms with Crippen LogP contribution in [-0.2, 0) is 0 Å². The third kappa shape index (κ3) is 2.74. The molecule has 18 heavy (non-hydrogen) atoms. The predicted molar refractivity (Wildman–Crippen MR) is 68.4 cm³/mol. The van der Waals surface area contributed by atoms with E-state index in [1.165, 1.54) is 24.5 Å². The number of halogens is 1. The lowest BCUT2D eigenvalue weighted by molar-refractivity contribution is 0.102. The number of carbonyl (C=O) groups excluding carboxylic acids is 1. The van der Waals surface area contributed by atoms with E-state index in [1.54, 1.807) is 12.4 Å². The molecule has 0 fully saturated rings. The van der Waals surface area contributed by atoms with Crippen molar-refractivity contribution in [2.45, 2.75) is 6.92 Å². The first-order valence-corrected chi connectivity index (χ1v) is 6.16. The molecule has 1 amide bonds. The van der Waals surface area contributed by atoms with Gasteiger partial charge in [0.1, 0.15) is 10.0 Å². The Labute approximate surface area is 112 Å². The van der Waals surface area contributed by atoms with Crippen molar-refractivity contribution in [3.05, 3.63) is 27.3 Å². The first kappa shape index (κ1) is 12.7. The Kier molecular flexibility index (Phi) is 3.73. The van der Waals surface area contributed by atoms with E-state index in [0.29, 0.717) is 10.6 Å². The van der Waals surface area contributed by atoms with Gasteiger partial charge in [0, 0.05) is 6.07 Å². The molecule has 0 bridgehead atoms. The number of hydrogen-bond donors (Lipinski definition) is 1. The average Bonchev–Trinajstić information content (AvgIpc) is 2.74. The van der Waals surface area contributed by atoms with Gasteiger partial charge in [-0.2, -0.15) is 4.98 Å². The van der Waals surface area contributed by atoms with E-state index >= 15 is 0 Å². The van der Waals surface area contributed by atoms with Gasteiger partial charge in [-0.25, -0.2) is 9.97 Å². The topological polar surface area (TPSA) is 77.0 Å². The van der Waals surface area contributed by atoms with Crippen LogP contribution < -0.4 is 10.1 Å². The summed E-state index contributed by atoms with van der Waals surface area (Å²) in [5.74, 6) is 0.0581. The number of carbonyl (C=O) groups is 1. The summed E-state index contributed by atoms with van der Waals surface area (Å²) in [7, 11) is 1.46.